The number of halogens is 2. The fraction of sp³-hybridized carbons (Fsp3) is 0. The van der Waals surface area contributed by atoms with Crippen LogP contribution in [0.1, 0.15) is 10.4 Å². The Hall–Kier alpha value is -2.37. The van der Waals surface area contributed by atoms with Crippen LogP contribution in [0.5, 0.6) is 0 Å². The quantitative estimate of drug-likeness (QED) is 0.750. The van der Waals surface area contributed by atoms with E-state index in [0.717, 1.165) is 6.20 Å². The number of carboxylic acids is 1. The van der Waals surface area contributed by atoms with Crippen molar-refractivity contribution < 1.29 is 9.90 Å². The normalized spacial score (nSPS) is 10.8. The first-order valence-corrected chi connectivity index (χ1v) is 6.94. The van der Waals surface area contributed by atoms with Gasteiger partial charge in [-0.3, -0.25) is 9.78 Å². The Bertz CT molecular complexity index is 967. The highest BCUT2D eigenvalue weighted by Crippen LogP contribution is 2.35. The number of carbonyl (C=O) groups is 1. The Kier molecular flexibility index (Phi) is 3.60. The molecule has 0 aliphatic carbocycles. The SMILES string of the molecule is O=C(O)c1c[nH]c2c(-c3cccc(Cl)c3Cl)ccnc2c1=O. The smallest absolute Gasteiger partial charge is 0.341 e. The maximum atomic E-state index is 12.2. The predicted molar refractivity (Wildman–Crippen MR) is 84.8 cm³/mol. The van der Waals surface area contributed by atoms with Gasteiger partial charge in [-0.05, 0) is 12.1 Å². The molecule has 0 spiro atoms. The van der Waals surface area contributed by atoms with E-state index in [-0.39, 0.29) is 11.1 Å². The number of hydrogen-bond donors (Lipinski definition) is 2. The molecule has 2 heterocycles. The fourth-order valence-electron chi connectivity index (χ4n) is 2.21. The Morgan fingerprint density at radius 3 is 2.68 bits per heavy atom. The molecule has 0 aliphatic heterocycles. The third-order valence-electron chi connectivity index (χ3n) is 3.24. The summed E-state index contributed by atoms with van der Waals surface area (Å²) in [7, 11) is 0. The monoisotopic (exact) mass is 334 g/mol. The highest BCUT2D eigenvalue weighted by atomic mass is 35.5. The number of pyridine rings is 2. The average molecular weight is 335 g/mol. The molecule has 22 heavy (non-hydrogen) atoms. The molecule has 0 saturated heterocycles. The van der Waals surface area contributed by atoms with Gasteiger partial charge in [-0.1, -0.05) is 35.3 Å². The minimum atomic E-state index is -1.31. The van der Waals surface area contributed by atoms with Crippen molar-refractivity contribution in [1.29, 1.82) is 0 Å². The molecule has 3 rings (SSSR count). The van der Waals surface area contributed by atoms with Crippen molar-refractivity contribution in [3.8, 4) is 11.1 Å². The topological polar surface area (TPSA) is 83.0 Å². The molecule has 0 saturated carbocycles. The predicted octanol–water partition coefficient (Wildman–Crippen LogP) is 3.60. The number of carboxylic acid groups (broad SMARTS) is 1. The van der Waals surface area contributed by atoms with Crippen LogP contribution in [0.4, 0.5) is 0 Å². The molecule has 0 bridgehead atoms. The Labute approximate surface area is 134 Å². The standard InChI is InChI=1S/C15H8Cl2N2O3/c16-10-3-1-2-7(11(10)17)8-4-5-18-13-12(8)19-6-9(14(13)20)15(21)22/h1-6H,(H,19,20)(H,21,22). The molecule has 2 aromatic heterocycles. The molecule has 7 heteroatoms. The third kappa shape index (κ3) is 2.24. The lowest BCUT2D eigenvalue weighted by Crippen LogP contribution is -2.16. The second kappa shape index (κ2) is 5.44. The van der Waals surface area contributed by atoms with Crippen LogP contribution in [0, 0.1) is 0 Å². The number of nitrogens with one attached hydrogen (secondary N) is 1. The summed E-state index contributed by atoms with van der Waals surface area (Å²) in [5, 5.41) is 9.74. The van der Waals surface area contributed by atoms with Gasteiger partial charge in [0, 0.05) is 23.5 Å². The van der Waals surface area contributed by atoms with Crippen LogP contribution in [0.25, 0.3) is 22.2 Å². The first-order valence-electron chi connectivity index (χ1n) is 6.19. The first-order chi connectivity index (χ1) is 10.5. The van der Waals surface area contributed by atoms with E-state index in [0.29, 0.717) is 26.7 Å². The van der Waals surface area contributed by atoms with E-state index < -0.39 is 11.4 Å². The van der Waals surface area contributed by atoms with Crippen LogP contribution in [-0.4, -0.2) is 21.0 Å². The summed E-state index contributed by atoms with van der Waals surface area (Å²) in [5.74, 6) is -1.31. The largest absolute Gasteiger partial charge is 0.477 e. The summed E-state index contributed by atoms with van der Waals surface area (Å²) in [4.78, 5) is 30.0. The van der Waals surface area contributed by atoms with Gasteiger partial charge in [-0.25, -0.2) is 4.79 Å². The summed E-state index contributed by atoms with van der Waals surface area (Å²) in [5.41, 5.74) is 0.664. The number of benzene rings is 1. The summed E-state index contributed by atoms with van der Waals surface area (Å²) in [6, 6.07) is 6.82. The molecule has 0 radical (unpaired) electrons. The van der Waals surface area contributed by atoms with Gasteiger partial charge in [-0.2, -0.15) is 0 Å². The molecule has 1 aromatic carbocycles. The van der Waals surface area contributed by atoms with Crippen molar-refractivity contribution in [2.75, 3.05) is 0 Å². The number of H-pyrrole nitrogens is 1. The van der Waals surface area contributed by atoms with E-state index >= 15 is 0 Å². The van der Waals surface area contributed by atoms with Crippen molar-refractivity contribution in [3.63, 3.8) is 0 Å². The number of fused-ring (bicyclic) bond motifs is 1. The summed E-state index contributed by atoms with van der Waals surface area (Å²) in [6.45, 7) is 0. The second-order valence-corrected chi connectivity index (χ2v) is 5.31. The lowest BCUT2D eigenvalue weighted by atomic mass is 10.0. The minimum Gasteiger partial charge on any atom is -0.477 e. The average Bonchev–Trinajstić information content (AvgIpc) is 2.50. The van der Waals surface area contributed by atoms with E-state index in [2.05, 4.69) is 9.97 Å². The maximum absolute atomic E-state index is 12.2. The van der Waals surface area contributed by atoms with Gasteiger partial charge in [0.25, 0.3) is 0 Å². The second-order valence-electron chi connectivity index (χ2n) is 4.52. The Balaban J connectivity index is 2.38. The highest BCUT2D eigenvalue weighted by Gasteiger charge is 2.16. The molecule has 2 N–H and O–H groups in total. The minimum absolute atomic E-state index is 0.0356. The number of nitrogens with zero attached hydrogens (tertiary/aromatic N) is 1. The van der Waals surface area contributed by atoms with Crippen LogP contribution in [0.3, 0.4) is 0 Å². The van der Waals surface area contributed by atoms with Crippen molar-refractivity contribution in [2.45, 2.75) is 0 Å². The zero-order valence-corrected chi connectivity index (χ0v) is 12.4. The van der Waals surface area contributed by atoms with E-state index in [4.69, 9.17) is 28.3 Å². The van der Waals surface area contributed by atoms with Gasteiger partial charge >= 0.3 is 5.97 Å². The van der Waals surface area contributed by atoms with Crippen molar-refractivity contribution in [2.24, 2.45) is 0 Å². The van der Waals surface area contributed by atoms with Crippen LogP contribution < -0.4 is 5.43 Å². The van der Waals surface area contributed by atoms with Crippen LogP contribution in [-0.2, 0) is 0 Å². The van der Waals surface area contributed by atoms with E-state index in [1.54, 1.807) is 24.3 Å². The van der Waals surface area contributed by atoms with Gasteiger partial charge in [-0.15, -0.1) is 0 Å². The van der Waals surface area contributed by atoms with Gasteiger partial charge in [0.05, 0.1) is 15.6 Å². The summed E-state index contributed by atoms with van der Waals surface area (Å²) >= 11 is 12.2. The third-order valence-corrected chi connectivity index (χ3v) is 4.06. The first kappa shape index (κ1) is 14.6. The number of rotatable bonds is 2. The molecule has 5 nitrogen and oxygen atoms in total. The van der Waals surface area contributed by atoms with E-state index in [1.807, 2.05) is 0 Å². The van der Waals surface area contributed by atoms with Crippen LogP contribution >= 0.6 is 23.2 Å². The zero-order chi connectivity index (χ0) is 15.9. The Morgan fingerprint density at radius 1 is 1.18 bits per heavy atom. The van der Waals surface area contributed by atoms with E-state index in [1.165, 1.54) is 6.20 Å². The highest BCUT2D eigenvalue weighted by molar-refractivity contribution is 6.43. The molecule has 0 amide bonds. The van der Waals surface area contributed by atoms with Crippen molar-refractivity contribution in [3.05, 3.63) is 62.5 Å². The fourth-order valence-corrected chi connectivity index (χ4v) is 2.61. The maximum Gasteiger partial charge on any atom is 0.341 e. The van der Waals surface area contributed by atoms with Crippen molar-refractivity contribution in [1.82, 2.24) is 9.97 Å². The van der Waals surface area contributed by atoms with Gasteiger partial charge in [0.2, 0.25) is 5.43 Å². The number of aromatic amines is 1. The number of aromatic carboxylic acids is 1. The molecule has 110 valence electrons. The van der Waals surface area contributed by atoms with E-state index in [9.17, 15) is 9.59 Å². The molecular formula is C15H8Cl2N2O3. The van der Waals surface area contributed by atoms with Gasteiger partial charge in [0.15, 0.2) is 0 Å². The van der Waals surface area contributed by atoms with Crippen molar-refractivity contribution >= 4 is 40.2 Å². The zero-order valence-electron chi connectivity index (χ0n) is 10.9. The summed E-state index contributed by atoms with van der Waals surface area (Å²) < 4.78 is 0. The van der Waals surface area contributed by atoms with Gasteiger partial charge < -0.3 is 10.1 Å². The van der Waals surface area contributed by atoms with Gasteiger partial charge in [0.1, 0.15) is 11.1 Å². The van der Waals surface area contributed by atoms with Crippen LogP contribution in [0.2, 0.25) is 10.0 Å². The lowest BCUT2D eigenvalue weighted by molar-refractivity contribution is 0.0695. The molecule has 3 aromatic rings. The molecule has 0 unspecified atom stereocenters. The number of hydrogen-bond acceptors (Lipinski definition) is 3. The molecule has 0 aliphatic rings. The van der Waals surface area contributed by atoms with Crippen LogP contribution in [0.15, 0.2) is 41.5 Å². The Morgan fingerprint density at radius 2 is 1.95 bits per heavy atom. The molecule has 0 fully saturated rings. The number of aromatic nitrogens is 2. The molecule has 0 atom stereocenters. The molecular weight excluding hydrogens is 327 g/mol. The summed E-state index contributed by atoms with van der Waals surface area (Å²) in [6.07, 6.45) is 2.58. The lowest BCUT2D eigenvalue weighted by Gasteiger charge is -2.09.